The van der Waals surface area contributed by atoms with E-state index in [0.29, 0.717) is 0 Å². The van der Waals surface area contributed by atoms with E-state index in [1.165, 1.54) is 108 Å². The van der Waals surface area contributed by atoms with Gasteiger partial charge >= 0.3 is 0 Å². The van der Waals surface area contributed by atoms with Crippen LogP contribution in [-0.4, -0.2) is 48.2 Å². The van der Waals surface area contributed by atoms with Gasteiger partial charge in [-0.2, -0.15) is 0 Å². The molecule has 1 aliphatic rings. The second-order valence-corrected chi connectivity index (χ2v) is 10.3. The Hall–Kier alpha value is -1.19. The van der Waals surface area contributed by atoms with Crippen LogP contribution in [0.2, 0.25) is 0 Å². The van der Waals surface area contributed by atoms with E-state index in [4.69, 9.17) is 4.99 Å². The highest BCUT2D eigenvalue weighted by atomic mass is 16.3. The summed E-state index contributed by atoms with van der Waals surface area (Å²) in [7, 11) is 0. The molecule has 1 aromatic rings. The Labute approximate surface area is 205 Å². The standard InChI is InChI=1S/C30H53N2O/c1-2-3-4-5-6-7-8-9-10-11-12-13-14-15-19-22-30-31-24-26-32(30,27-28-33)25-23-29-20-17-16-18-21-29/h16-18,20-21,33H,2-15,19,22-28H2,1H3/q+1. The third-order valence-corrected chi connectivity index (χ3v) is 7.57. The number of hydrogen-bond donors (Lipinski definition) is 1. The number of nitrogens with zero attached hydrogens (tertiary/aromatic N) is 2. The van der Waals surface area contributed by atoms with Crippen LogP contribution in [0.25, 0.3) is 0 Å². The molecule has 33 heavy (non-hydrogen) atoms. The monoisotopic (exact) mass is 457 g/mol. The molecule has 0 amide bonds. The second kappa shape index (κ2) is 18.2. The van der Waals surface area contributed by atoms with Crippen molar-refractivity contribution in [1.82, 2.24) is 0 Å². The first-order chi connectivity index (χ1) is 16.3. The molecule has 1 aliphatic heterocycles. The van der Waals surface area contributed by atoms with Gasteiger partial charge in [-0.05, 0) is 12.0 Å². The molecule has 0 aromatic heterocycles. The number of hydrogen-bond acceptors (Lipinski definition) is 2. The van der Waals surface area contributed by atoms with Gasteiger partial charge in [0.2, 0.25) is 0 Å². The third kappa shape index (κ3) is 11.7. The maximum Gasteiger partial charge on any atom is 0.198 e. The van der Waals surface area contributed by atoms with Gasteiger partial charge in [0.15, 0.2) is 5.84 Å². The number of amidine groups is 1. The summed E-state index contributed by atoms with van der Waals surface area (Å²) in [6, 6.07) is 10.8. The largest absolute Gasteiger partial charge is 0.390 e. The van der Waals surface area contributed by atoms with Crippen molar-refractivity contribution in [3.05, 3.63) is 35.9 Å². The van der Waals surface area contributed by atoms with Crippen LogP contribution in [0.5, 0.6) is 0 Å². The fraction of sp³-hybridized carbons (Fsp3) is 0.767. The highest BCUT2D eigenvalue weighted by molar-refractivity contribution is 5.76. The molecule has 1 atom stereocenters. The smallest absolute Gasteiger partial charge is 0.198 e. The average Bonchev–Trinajstić information content (AvgIpc) is 3.23. The van der Waals surface area contributed by atoms with E-state index in [0.717, 1.165) is 43.5 Å². The van der Waals surface area contributed by atoms with Crippen molar-refractivity contribution in [2.75, 3.05) is 32.8 Å². The van der Waals surface area contributed by atoms with Crippen LogP contribution >= 0.6 is 0 Å². The fourth-order valence-electron chi connectivity index (χ4n) is 5.39. The lowest BCUT2D eigenvalue weighted by Crippen LogP contribution is -2.53. The maximum atomic E-state index is 9.74. The normalized spacial score (nSPS) is 18.1. The van der Waals surface area contributed by atoms with E-state index in [-0.39, 0.29) is 6.61 Å². The van der Waals surface area contributed by atoms with E-state index in [1.807, 2.05) is 0 Å². The molecule has 0 saturated carbocycles. The topological polar surface area (TPSA) is 32.6 Å². The minimum atomic E-state index is 0.257. The van der Waals surface area contributed by atoms with Gasteiger partial charge in [-0.1, -0.05) is 127 Å². The van der Waals surface area contributed by atoms with Gasteiger partial charge in [-0.25, -0.2) is 4.99 Å². The van der Waals surface area contributed by atoms with Gasteiger partial charge < -0.3 is 5.11 Å². The molecule has 3 heteroatoms. The number of aliphatic hydroxyl groups excluding tert-OH is 1. The number of quaternary nitrogens is 1. The first kappa shape index (κ1) is 28.1. The Kier molecular flexibility index (Phi) is 15.5. The molecule has 0 saturated heterocycles. The predicted octanol–water partition coefficient (Wildman–Crippen LogP) is 7.71. The summed E-state index contributed by atoms with van der Waals surface area (Å²) in [5, 5.41) is 9.74. The zero-order valence-corrected chi connectivity index (χ0v) is 21.8. The van der Waals surface area contributed by atoms with Gasteiger partial charge in [-0.15, -0.1) is 0 Å². The average molecular weight is 458 g/mol. The summed E-state index contributed by atoms with van der Waals surface area (Å²) >= 11 is 0. The SMILES string of the molecule is CCCCCCCCCCCCCCCCCC1=NCC[N+]1(CCO)CCc1ccccc1. The molecule has 1 N–H and O–H groups in total. The van der Waals surface area contributed by atoms with Crippen molar-refractivity contribution in [2.45, 2.75) is 116 Å². The van der Waals surface area contributed by atoms with Crippen molar-refractivity contribution in [2.24, 2.45) is 4.99 Å². The molecule has 0 bridgehead atoms. The zero-order chi connectivity index (χ0) is 23.5. The number of benzene rings is 1. The van der Waals surface area contributed by atoms with Gasteiger partial charge in [-0.3, -0.25) is 4.48 Å². The van der Waals surface area contributed by atoms with Gasteiger partial charge in [0.25, 0.3) is 0 Å². The van der Waals surface area contributed by atoms with Gasteiger partial charge in [0, 0.05) is 12.8 Å². The number of rotatable bonds is 21. The third-order valence-electron chi connectivity index (χ3n) is 7.57. The Morgan fingerprint density at radius 3 is 1.79 bits per heavy atom. The lowest BCUT2D eigenvalue weighted by atomic mass is 10.0. The van der Waals surface area contributed by atoms with E-state index >= 15 is 0 Å². The first-order valence-electron chi connectivity index (χ1n) is 14.4. The number of unbranched alkanes of at least 4 members (excludes halogenated alkanes) is 14. The van der Waals surface area contributed by atoms with E-state index in [2.05, 4.69) is 37.3 Å². The lowest BCUT2D eigenvalue weighted by Gasteiger charge is -2.34. The molecule has 0 aliphatic carbocycles. The molecular weight excluding hydrogens is 404 g/mol. The summed E-state index contributed by atoms with van der Waals surface area (Å²) < 4.78 is 0.921. The Morgan fingerprint density at radius 2 is 1.24 bits per heavy atom. The molecule has 1 unspecified atom stereocenters. The van der Waals surface area contributed by atoms with Crippen LogP contribution in [-0.2, 0) is 6.42 Å². The maximum absolute atomic E-state index is 9.74. The molecule has 1 aromatic carbocycles. The lowest BCUT2D eigenvalue weighted by molar-refractivity contribution is -0.836. The molecule has 188 valence electrons. The van der Waals surface area contributed by atoms with Crippen molar-refractivity contribution < 1.29 is 9.59 Å². The summed E-state index contributed by atoms with van der Waals surface area (Å²) in [6.07, 6.45) is 23.3. The van der Waals surface area contributed by atoms with Crippen molar-refractivity contribution in [3.8, 4) is 0 Å². The van der Waals surface area contributed by atoms with Crippen LogP contribution in [0.15, 0.2) is 35.3 Å². The summed E-state index contributed by atoms with van der Waals surface area (Å²) in [5.41, 5.74) is 1.39. The van der Waals surface area contributed by atoms with Crippen LogP contribution in [0.3, 0.4) is 0 Å². The molecule has 3 nitrogen and oxygen atoms in total. The van der Waals surface area contributed by atoms with Crippen LogP contribution in [0.1, 0.15) is 115 Å². The predicted molar refractivity (Wildman–Crippen MR) is 144 cm³/mol. The number of aliphatic imine (C=N–C) groups is 1. The minimum absolute atomic E-state index is 0.257. The Balaban J connectivity index is 1.51. The highest BCUT2D eigenvalue weighted by Gasteiger charge is 2.36. The minimum Gasteiger partial charge on any atom is -0.390 e. The molecule has 0 radical (unpaired) electrons. The fourth-order valence-corrected chi connectivity index (χ4v) is 5.39. The van der Waals surface area contributed by atoms with Crippen LogP contribution in [0, 0.1) is 0 Å². The first-order valence-corrected chi connectivity index (χ1v) is 14.4. The van der Waals surface area contributed by atoms with E-state index in [9.17, 15) is 5.11 Å². The molecule has 0 spiro atoms. The zero-order valence-electron chi connectivity index (χ0n) is 21.8. The number of aliphatic hydroxyl groups is 1. The highest BCUT2D eigenvalue weighted by Crippen LogP contribution is 2.22. The van der Waals surface area contributed by atoms with Crippen molar-refractivity contribution in [3.63, 3.8) is 0 Å². The Morgan fingerprint density at radius 1 is 0.697 bits per heavy atom. The molecular formula is C30H53N2O+. The quantitative estimate of drug-likeness (QED) is 0.149. The van der Waals surface area contributed by atoms with Gasteiger partial charge in [0.1, 0.15) is 13.1 Å². The summed E-state index contributed by atoms with van der Waals surface area (Å²) in [4.78, 5) is 4.90. The second-order valence-electron chi connectivity index (χ2n) is 10.3. The summed E-state index contributed by atoms with van der Waals surface area (Å²) in [6.45, 7) is 6.45. The van der Waals surface area contributed by atoms with Crippen LogP contribution < -0.4 is 0 Å². The molecule has 1 heterocycles. The molecule has 2 rings (SSSR count). The van der Waals surface area contributed by atoms with E-state index < -0.39 is 0 Å². The summed E-state index contributed by atoms with van der Waals surface area (Å²) in [5.74, 6) is 1.36. The molecule has 0 fully saturated rings. The van der Waals surface area contributed by atoms with Crippen molar-refractivity contribution in [1.29, 1.82) is 0 Å². The van der Waals surface area contributed by atoms with Crippen molar-refractivity contribution >= 4 is 5.84 Å². The van der Waals surface area contributed by atoms with Gasteiger partial charge in [0.05, 0.1) is 19.7 Å². The van der Waals surface area contributed by atoms with Crippen LogP contribution in [0.4, 0.5) is 0 Å². The Bertz CT molecular complexity index is 615. The van der Waals surface area contributed by atoms with E-state index in [1.54, 1.807) is 0 Å².